The topological polar surface area (TPSA) is 61.7 Å². The first-order chi connectivity index (χ1) is 7.38. The average Bonchev–Trinajstić information content (AvgIpc) is 2.80. The molecule has 0 aliphatic heterocycles. The van der Waals surface area contributed by atoms with Gasteiger partial charge in [0, 0.05) is 6.07 Å². The highest BCUT2D eigenvalue weighted by molar-refractivity contribution is 5.31. The standard InChI is InChI=1S/C11H9N3O/c12-7-9-1-3-10(4-2-9)8-15-11-5-6-13-14-11/h1-6H,8H2,(H,13,14). The molecule has 0 saturated carbocycles. The molecule has 1 heterocycles. The van der Waals surface area contributed by atoms with Crippen LogP contribution in [0.2, 0.25) is 0 Å². The Morgan fingerprint density at radius 1 is 1.27 bits per heavy atom. The largest absolute Gasteiger partial charge is 0.473 e. The first kappa shape index (κ1) is 9.28. The number of hydrogen-bond donors (Lipinski definition) is 1. The Labute approximate surface area is 87.1 Å². The SMILES string of the molecule is N#Cc1ccc(COc2ccn[nH]2)cc1. The molecule has 0 fully saturated rings. The highest BCUT2D eigenvalue weighted by atomic mass is 16.5. The summed E-state index contributed by atoms with van der Waals surface area (Å²) >= 11 is 0. The van der Waals surface area contributed by atoms with Crippen LogP contribution in [0.1, 0.15) is 11.1 Å². The van der Waals surface area contributed by atoms with E-state index in [9.17, 15) is 0 Å². The molecule has 4 heteroatoms. The molecule has 0 saturated heterocycles. The second-order valence-corrected chi connectivity index (χ2v) is 3.02. The summed E-state index contributed by atoms with van der Waals surface area (Å²) in [5.41, 5.74) is 1.67. The van der Waals surface area contributed by atoms with Gasteiger partial charge in [-0.15, -0.1) is 0 Å². The van der Waals surface area contributed by atoms with E-state index in [0.29, 0.717) is 18.1 Å². The quantitative estimate of drug-likeness (QED) is 0.820. The van der Waals surface area contributed by atoms with Crippen molar-refractivity contribution in [3.8, 4) is 11.9 Å². The van der Waals surface area contributed by atoms with Crippen LogP contribution >= 0.6 is 0 Å². The lowest BCUT2D eigenvalue weighted by atomic mass is 10.2. The van der Waals surface area contributed by atoms with Gasteiger partial charge in [0.15, 0.2) is 0 Å². The molecule has 0 aliphatic rings. The molecular weight excluding hydrogens is 190 g/mol. The normalized spacial score (nSPS) is 9.53. The van der Waals surface area contributed by atoms with Gasteiger partial charge in [-0.2, -0.15) is 10.4 Å². The van der Waals surface area contributed by atoms with Crippen LogP contribution in [-0.2, 0) is 6.61 Å². The predicted molar refractivity (Wildman–Crippen MR) is 54.1 cm³/mol. The summed E-state index contributed by atoms with van der Waals surface area (Å²) in [5, 5.41) is 15.1. The van der Waals surface area contributed by atoms with Crippen LogP contribution in [-0.4, -0.2) is 10.2 Å². The number of benzene rings is 1. The maximum absolute atomic E-state index is 8.61. The zero-order valence-corrected chi connectivity index (χ0v) is 7.97. The zero-order chi connectivity index (χ0) is 10.5. The molecule has 4 nitrogen and oxygen atoms in total. The fourth-order valence-electron chi connectivity index (χ4n) is 1.16. The molecule has 0 aliphatic carbocycles. The summed E-state index contributed by atoms with van der Waals surface area (Å²) in [6.45, 7) is 0.466. The van der Waals surface area contributed by atoms with Crippen LogP contribution < -0.4 is 4.74 Å². The lowest BCUT2D eigenvalue weighted by Crippen LogP contribution is -1.95. The van der Waals surface area contributed by atoms with E-state index in [1.54, 1.807) is 24.4 Å². The third kappa shape index (κ3) is 2.35. The van der Waals surface area contributed by atoms with Gasteiger partial charge in [0.1, 0.15) is 6.61 Å². The summed E-state index contributed by atoms with van der Waals surface area (Å²) in [7, 11) is 0. The fourth-order valence-corrected chi connectivity index (χ4v) is 1.16. The van der Waals surface area contributed by atoms with Crippen molar-refractivity contribution in [3.63, 3.8) is 0 Å². The number of aromatic amines is 1. The van der Waals surface area contributed by atoms with E-state index in [4.69, 9.17) is 10.00 Å². The molecule has 1 aromatic heterocycles. The van der Waals surface area contributed by atoms with Crippen molar-refractivity contribution in [1.82, 2.24) is 10.2 Å². The maximum Gasteiger partial charge on any atom is 0.209 e. The second-order valence-electron chi connectivity index (χ2n) is 3.02. The minimum Gasteiger partial charge on any atom is -0.473 e. The van der Waals surface area contributed by atoms with Gasteiger partial charge >= 0.3 is 0 Å². The molecule has 0 amide bonds. The van der Waals surface area contributed by atoms with Crippen LogP contribution in [0.4, 0.5) is 0 Å². The molecule has 0 radical (unpaired) electrons. The van der Waals surface area contributed by atoms with E-state index in [0.717, 1.165) is 5.56 Å². The van der Waals surface area contributed by atoms with E-state index >= 15 is 0 Å². The van der Waals surface area contributed by atoms with Crippen molar-refractivity contribution in [2.24, 2.45) is 0 Å². The van der Waals surface area contributed by atoms with Gasteiger partial charge in [-0.1, -0.05) is 12.1 Å². The fraction of sp³-hybridized carbons (Fsp3) is 0.0909. The van der Waals surface area contributed by atoms with Crippen LogP contribution in [0.15, 0.2) is 36.5 Å². The Bertz CT molecular complexity index is 454. The van der Waals surface area contributed by atoms with Crippen molar-refractivity contribution in [3.05, 3.63) is 47.7 Å². The van der Waals surface area contributed by atoms with E-state index < -0.39 is 0 Å². The predicted octanol–water partition coefficient (Wildman–Crippen LogP) is 1.86. The van der Waals surface area contributed by atoms with Crippen LogP contribution in [0.25, 0.3) is 0 Å². The highest BCUT2D eigenvalue weighted by Gasteiger charge is 1.96. The highest BCUT2D eigenvalue weighted by Crippen LogP contribution is 2.08. The smallest absolute Gasteiger partial charge is 0.209 e. The molecule has 1 aromatic carbocycles. The minimum atomic E-state index is 0.466. The summed E-state index contributed by atoms with van der Waals surface area (Å²) in [6, 6.07) is 11.1. The molecule has 0 spiro atoms. The van der Waals surface area contributed by atoms with Gasteiger partial charge in [0.05, 0.1) is 17.8 Å². The number of ether oxygens (including phenoxy) is 1. The monoisotopic (exact) mass is 199 g/mol. The number of rotatable bonds is 3. The number of H-pyrrole nitrogens is 1. The summed E-state index contributed by atoms with van der Waals surface area (Å²) in [4.78, 5) is 0. The molecule has 15 heavy (non-hydrogen) atoms. The molecule has 74 valence electrons. The third-order valence-corrected chi connectivity index (χ3v) is 1.95. The van der Waals surface area contributed by atoms with E-state index in [-0.39, 0.29) is 0 Å². The summed E-state index contributed by atoms with van der Waals surface area (Å²) in [5.74, 6) is 0.638. The van der Waals surface area contributed by atoms with Gasteiger partial charge in [0.25, 0.3) is 0 Å². The van der Waals surface area contributed by atoms with E-state index in [1.165, 1.54) is 0 Å². The number of nitrogens with zero attached hydrogens (tertiary/aromatic N) is 2. The van der Waals surface area contributed by atoms with E-state index in [1.807, 2.05) is 12.1 Å². The lowest BCUT2D eigenvalue weighted by Gasteiger charge is -2.02. The molecule has 2 rings (SSSR count). The first-order valence-electron chi connectivity index (χ1n) is 4.50. The van der Waals surface area contributed by atoms with Crippen LogP contribution in [0, 0.1) is 11.3 Å². The number of aromatic nitrogens is 2. The Morgan fingerprint density at radius 2 is 2.07 bits per heavy atom. The Kier molecular flexibility index (Phi) is 2.65. The van der Waals surface area contributed by atoms with Crippen LogP contribution in [0.5, 0.6) is 5.88 Å². The Morgan fingerprint density at radius 3 is 2.67 bits per heavy atom. The Hall–Kier alpha value is -2.28. The zero-order valence-electron chi connectivity index (χ0n) is 7.97. The summed E-state index contributed by atoms with van der Waals surface area (Å²) in [6.07, 6.45) is 1.63. The van der Waals surface area contributed by atoms with Gasteiger partial charge in [-0.25, -0.2) is 5.10 Å². The van der Waals surface area contributed by atoms with Crippen molar-refractivity contribution in [2.75, 3.05) is 0 Å². The average molecular weight is 199 g/mol. The van der Waals surface area contributed by atoms with E-state index in [2.05, 4.69) is 16.3 Å². The molecule has 0 atom stereocenters. The van der Waals surface area contributed by atoms with Crippen molar-refractivity contribution >= 4 is 0 Å². The molecular formula is C11H9N3O. The molecule has 0 bridgehead atoms. The lowest BCUT2D eigenvalue weighted by molar-refractivity contribution is 0.293. The van der Waals surface area contributed by atoms with Crippen LogP contribution in [0.3, 0.4) is 0 Å². The maximum atomic E-state index is 8.61. The van der Waals surface area contributed by atoms with Gasteiger partial charge in [-0.05, 0) is 17.7 Å². The second kappa shape index (κ2) is 4.29. The van der Waals surface area contributed by atoms with Gasteiger partial charge in [-0.3, -0.25) is 0 Å². The van der Waals surface area contributed by atoms with Crippen molar-refractivity contribution in [2.45, 2.75) is 6.61 Å². The Balaban J connectivity index is 1.97. The molecule has 2 aromatic rings. The van der Waals surface area contributed by atoms with Crippen molar-refractivity contribution in [1.29, 1.82) is 5.26 Å². The number of nitrogens with one attached hydrogen (secondary N) is 1. The number of nitriles is 1. The minimum absolute atomic E-state index is 0.466. The van der Waals surface area contributed by atoms with Crippen molar-refractivity contribution < 1.29 is 4.74 Å². The molecule has 0 unspecified atom stereocenters. The molecule has 1 N–H and O–H groups in total. The summed E-state index contributed by atoms with van der Waals surface area (Å²) < 4.78 is 5.40. The van der Waals surface area contributed by atoms with Gasteiger partial charge in [0.2, 0.25) is 5.88 Å². The third-order valence-electron chi connectivity index (χ3n) is 1.95. The number of hydrogen-bond acceptors (Lipinski definition) is 3. The van der Waals surface area contributed by atoms with Gasteiger partial charge < -0.3 is 4.74 Å². The first-order valence-corrected chi connectivity index (χ1v) is 4.50.